The first-order valence-corrected chi connectivity index (χ1v) is 7.58. The maximum absolute atomic E-state index is 12.2. The summed E-state index contributed by atoms with van der Waals surface area (Å²) in [6.45, 7) is 3.59. The first-order chi connectivity index (χ1) is 10.8. The lowest BCUT2D eigenvalue weighted by molar-refractivity contribution is -0.139. The molecular formula is C15H15BrN2O5. The SMILES string of the molecule is CCn1c(C)c(C(=O)C(N)=O)c2c(OCC(=O)O)c(Br)ccc21. The molecule has 1 aromatic carbocycles. The molecule has 0 radical (unpaired) electrons. The topological polar surface area (TPSA) is 112 Å². The Hall–Kier alpha value is -2.35. The Morgan fingerprint density at radius 2 is 2.00 bits per heavy atom. The van der Waals surface area contributed by atoms with Gasteiger partial charge in [0.15, 0.2) is 6.61 Å². The maximum Gasteiger partial charge on any atom is 0.341 e. The van der Waals surface area contributed by atoms with E-state index in [-0.39, 0.29) is 11.3 Å². The van der Waals surface area contributed by atoms with Crippen LogP contribution in [0.4, 0.5) is 0 Å². The number of Topliss-reactive ketones (excluding diaryl/α,β-unsaturated/α-hetero) is 1. The number of carboxylic acids is 1. The number of carboxylic acid groups (broad SMARTS) is 1. The number of benzene rings is 1. The van der Waals surface area contributed by atoms with Crippen LogP contribution in [0.5, 0.6) is 5.75 Å². The second-order valence-corrected chi connectivity index (χ2v) is 5.71. The third kappa shape index (κ3) is 2.94. The van der Waals surface area contributed by atoms with Gasteiger partial charge < -0.3 is 20.1 Å². The minimum atomic E-state index is -1.15. The summed E-state index contributed by atoms with van der Waals surface area (Å²) in [5, 5.41) is 9.20. The number of hydrogen-bond donors (Lipinski definition) is 2. The lowest BCUT2D eigenvalue weighted by Gasteiger charge is -2.09. The summed E-state index contributed by atoms with van der Waals surface area (Å²) in [6, 6.07) is 3.46. The lowest BCUT2D eigenvalue weighted by atomic mass is 10.1. The van der Waals surface area contributed by atoms with Gasteiger partial charge in [-0.1, -0.05) is 0 Å². The van der Waals surface area contributed by atoms with Crippen molar-refractivity contribution in [2.75, 3.05) is 6.61 Å². The van der Waals surface area contributed by atoms with Crippen molar-refractivity contribution in [3.63, 3.8) is 0 Å². The fourth-order valence-corrected chi connectivity index (χ4v) is 3.04. The van der Waals surface area contributed by atoms with Crippen molar-refractivity contribution >= 4 is 44.5 Å². The van der Waals surface area contributed by atoms with E-state index in [4.69, 9.17) is 15.6 Å². The van der Waals surface area contributed by atoms with E-state index in [9.17, 15) is 14.4 Å². The number of nitrogens with two attached hydrogens (primary N) is 1. The number of fused-ring (bicyclic) bond motifs is 1. The van der Waals surface area contributed by atoms with Gasteiger partial charge in [-0.3, -0.25) is 9.59 Å². The highest BCUT2D eigenvalue weighted by atomic mass is 79.9. The monoisotopic (exact) mass is 382 g/mol. The van der Waals surface area contributed by atoms with Crippen LogP contribution in [0.15, 0.2) is 16.6 Å². The molecule has 8 heteroatoms. The number of carbonyl (C=O) groups excluding carboxylic acids is 2. The Morgan fingerprint density at radius 1 is 1.35 bits per heavy atom. The van der Waals surface area contributed by atoms with E-state index < -0.39 is 24.3 Å². The number of aliphatic carboxylic acids is 1. The molecule has 1 heterocycles. The third-order valence-electron chi connectivity index (χ3n) is 3.50. The highest BCUT2D eigenvalue weighted by Crippen LogP contribution is 2.39. The summed E-state index contributed by atoms with van der Waals surface area (Å²) in [4.78, 5) is 34.4. The number of halogens is 1. The number of hydrogen-bond acceptors (Lipinski definition) is 4. The van der Waals surface area contributed by atoms with Crippen LogP contribution in [0.3, 0.4) is 0 Å². The molecule has 0 atom stereocenters. The molecule has 0 saturated heterocycles. The summed E-state index contributed by atoms with van der Waals surface area (Å²) in [6.07, 6.45) is 0. The molecular weight excluding hydrogens is 368 g/mol. The second-order valence-electron chi connectivity index (χ2n) is 4.85. The van der Waals surface area contributed by atoms with Crippen LogP contribution < -0.4 is 10.5 Å². The number of ether oxygens (including phenoxy) is 1. The van der Waals surface area contributed by atoms with Crippen molar-refractivity contribution in [3.8, 4) is 5.75 Å². The van der Waals surface area contributed by atoms with Crippen LogP contribution in [0.1, 0.15) is 23.0 Å². The molecule has 23 heavy (non-hydrogen) atoms. The lowest BCUT2D eigenvalue weighted by Crippen LogP contribution is -2.24. The van der Waals surface area contributed by atoms with Crippen LogP contribution >= 0.6 is 15.9 Å². The first-order valence-electron chi connectivity index (χ1n) is 6.79. The predicted molar refractivity (Wildman–Crippen MR) is 86.7 cm³/mol. The van der Waals surface area contributed by atoms with Crippen molar-refractivity contribution in [2.45, 2.75) is 20.4 Å². The van der Waals surface area contributed by atoms with Crippen LogP contribution in [-0.2, 0) is 16.1 Å². The largest absolute Gasteiger partial charge is 0.480 e. The van der Waals surface area contributed by atoms with Crippen LogP contribution in [-0.4, -0.2) is 33.9 Å². The van der Waals surface area contributed by atoms with Gasteiger partial charge in [0.05, 0.1) is 20.9 Å². The van der Waals surface area contributed by atoms with Gasteiger partial charge in [-0.05, 0) is 41.9 Å². The van der Waals surface area contributed by atoms with E-state index in [1.54, 1.807) is 19.1 Å². The Labute approximate surface area is 140 Å². The van der Waals surface area contributed by atoms with Crippen molar-refractivity contribution < 1.29 is 24.2 Å². The molecule has 122 valence electrons. The Morgan fingerprint density at radius 3 is 2.52 bits per heavy atom. The molecule has 1 amide bonds. The van der Waals surface area contributed by atoms with Gasteiger partial charge in [-0.15, -0.1) is 0 Å². The van der Waals surface area contributed by atoms with E-state index >= 15 is 0 Å². The zero-order valence-electron chi connectivity index (χ0n) is 12.6. The van der Waals surface area contributed by atoms with Crippen LogP contribution in [0.2, 0.25) is 0 Å². The molecule has 0 unspecified atom stereocenters. The molecule has 0 fully saturated rings. The normalized spacial score (nSPS) is 10.7. The van der Waals surface area contributed by atoms with Gasteiger partial charge >= 0.3 is 5.97 Å². The van der Waals surface area contributed by atoms with E-state index in [2.05, 4.69) is 15.9 Å². The van der Waals surface area contributed by atoms with E-state index in [0.717, 1.165) is 0 Å². The number of carbonyl (C=O) groups is 3. The van der Waals surface area contributed by atoms with E-state index in [0.29, 0.717) is 27.6 Å². The molecule has 0 aliphatic heterocycles. The third-order valence-corrected chi connectivity index (χ3v) is 4.13. The van der Waals surface area contributed by atoms with Crippen LogP contribution in [0.25, 0.3) is 10.9 Å². The van der Waals surface area contributed by atoms with Gasteiger partial charge in [0.2, 0.25) is 0 Å². The molecule has 3 N–H and O–H groups in total. The molecule has 0 saturated carbocycles. The van der Waals surface area contributed by atoms with Crippen molar-refractivity contribution in [1.29, 1.82) is 0 Å². The summed E-state index contributed by atoms with van der Waals surface area (Å²) >= 11 is 3.29. The Balaban J connectivity index is 2.84. The average molecular weight is 383 g/mol. The Kier molecular flexibility index (Phi) is 4.74. The minimum absolute atomic E-state index is 0.135. The van der Waals surface area contributed by atoms with Gasteiger partial charge in [0.25, 0.3) is 11.7 Å². The number of amides is 1. The second kappa shape index (κ2) is 6.41. The van der Waals surface area contributed by atoms with Gasteiger partial charge in [-0.25, -0.2) is 4.79 Å². The first kappa shape index (κ1) is 17.0. The molecule has 1 aromatic heterocycles. The number of primary amides is 1. The van der Waals surface area contributed by atoms with Crippen molar-refractivity contribution in [3.05, 3.63) is 27.9 Å². The van der Waals surface area contributed by atoms with Crippen LogP contribution in [0, 0.1) is 6.92 Å². The molecule has 2 rings (SSSR count). The maximum atomic E-state index is 12.2. The predicted octanol–water partition coefficient (Wildman–Crippen LogP) is 1.86. The molecule has 0 spiro atoms. The zero-order chi connectivity index (χ0) is 17.3. The zero-order valence-corrected chi connectivity index (χ0v) is 14.1. The number of rotatable bonds is 6. The van der Waals surface area contributed by atoms with Gasteiger partial charge in [0.1, 0.15) is 5.75 Å². The molecule has 2 aromatic rings. The highest BCUT2D eigenvalue weighted by Gasteiger charge is 2.26. The molecule has 0 aliphatic rings. The van der Waals surface area contributed by atoms with E-state index in [1.165, 1.54) is 0 Å². The summed E-state index contributed by atoms with van der Waals surface area (Å²) < 4.78 is 7.65. The molecule has 0 bridgehead atoms. The average Bonchev–Trinajstić information content (AvgIpc) is 2.76. The number of aryl methyl sites for hydroxylation is 1. The Bertz CT molecular complexity index is 825. The van der Waals surface area contributed by atoms with Crippen molar-refractivity contribution in [2.24, 2.45) is 5.73 Å². The summed E-state index contributed by atoms with van der Waals surface area (Å²) in [7, 11) is 0. The smallest absolute Gasteiger partial charge is 0.341 e. The molecule has 7 nitrogen and oxygen atoms in total. The van der Waals surface area contributed by atoms with Gasteiger partial charge in [0, 0.05) is 12.2 Å². The van der Waals surface area contributed by atoms with Crippen molar-refractivity contribution in [1.82, 2.24) is 4.57 Å². The quantitative estimate of drug-likeness (QED) is 0.584. The summed E-state index contributed by atoms with van der Waals surface area (Å²) in [5.41, 5.74) is 6.52. The summed E-state index contributed by atoms with van der Waals surface area (Å²) in [5.74, 6) is -2.86. The standard InChI is InChI=1S/C15H15BrN2O5/c1-3-18-7(2)11(13(21)15(17)22)12-9(18)5-4-8(16)14(12)23-6-10(19)20/h4-5H,3,6H2,1-2H3,(H2,17,22)(H,19,20). The minimum Gasteiger partial charge on any atom is -0.480 e. The fraction of sp³-hybridized carbons (Fsp3) is 0.267. The number of ketones is 1. The van der Waals surface area contributed by atoms with E-state index in [1.807, 2.05) is 11.5 Å². The number of aromatic nitrogens is 1. The highest BCUT2D eigenvalue weighted by molar-refractivity contribution is 9.10. The van der Waals surface area contributed by atoms with Gasteiger partial charge in [-0.2, -0.15) is 0 Å². The number of nitrogens with zero attached hydrogens (tertiary/aromatic N) is 1. The fourth-order valence-electron chi connectivity index (χ4n) is 2.59. The molecule has 0 aliphatic carbocycles.